The van der Waals surface area contributed by atoms with Gasteiger partial charge in [-0.3, -0.25) is 4.90 Å². The molecule has 5 rings (SSSR count). The standard InChI is InChI=1S/C27H32N2O4/c1-18-15-24(32-2)22(21-9-12-28-25(18)21)17-29-13-11-27(10-3-4-14-33-27)16-23(29)19-5-7-20(8-6-19)26(30)31/h5-9,12,15,23,28H,3-4,10-11,13-14,16-17H2,1-2H3,(H,30,31)/i1D3. The molecule has 2 unspecified atom stereocenters. The van der Waals surface area contributed by atoms with Crippen molar-refractivity contribution in [2.45, 2.75) is 57.1 Å². The quantitative estimate of drug-likeness (QED) is 0.539. The molecule has 33 heavy (non-hydrogen) atoms. The van der Waals surface area contributed by atoms with Crippen molar-refractivity contribution in [1.82, 2.24) is 9.88 Å². The third-order valence-corrected chi connectivity index (χ3v) is 7.33. The van der Waals surface area contributed by atoms with Crippen LogP contribution in [0.4, 0.5) is 0 Å². The molecule has 2 aromatic carbocycles. The van der Waals surface area contributed by atoms with E-state index in [9.17, 15) is 9.90 Å². The molecule has 0 amide bonds. The van der Waals surface area contributed by atoms with Gasteiger partial charge in [0.05, 0.1) is 18.3 Å². The number of nitrogens with zero attached hydrogens (tertiary/aromatic N) is 1. The van der Waals surface area contributed by atoms with Crippen LogP contribution in [0, 0.1) is 6.85 Å². The van der Waals surface area contributed by atoms with Crippen molar-refractivity contribution in [3.63, 3.8) is 0 Å². The first kappa shape index (κ1) is 18.6. The number of carboxylic acid groups (broad SMARTS) is 1. The summed E-state index contributed by atoms with van der Waals surface area (Å²) >= 11 is 0. The number of methoxy groups -OCH3 is 1. The number of aromatic carboxylic acids is 1. The number of aromatic amines is 1. The van der Waals surface area contributed by atoms with Crippen LogP contribution < -0.4 is 4.74 Å². The van der Waals surface area contributed by atoms with E-state index >= 15 is 0 Å². The topological polar surface area (TPSA) is 74.8 Å². The van der Waals surface area contributed by atoms with Gasteiger partial charge < -0.3 is 19.6 Å². The highest BCUT2D eigenvalue weighted by Crippen LogP contribution is 2.45. The zero-order valence-corrected chi connectivity index (χ0v) is 18.9. The number of hydrogen-bond acceptors (Lipinski definition) is 4. The molecule has 2 fully saturated rings. The number of piperidine rings is 1. The highest BCUT2D eigenvalue weighted by atomic mass is 16.5. The normalized spacial score (nSPS) is 25.5. The molecule has 1 aromatic heterocycles. The minimum atomic E-state index is -2.26. The van der Waals surface area contributed by atoms with Gasteiger partial charge in [-0.05, 0) is 74.3 Å². The largest absolute Gasteiger partial charge is 0.496 e. The maximum absolute atomic E-state index is 11.4. The van der Waals surface area contributed by atoms with Gasteiger partial charge in [0.15, 0.2) is 0 Å². The van der Waals surface area contributed by atoms with E-state index in [1.165, 1.54) is 0 Å². The van der Waals surface area contributed by atoms with E-state index in [4.69, 9.17) is 13.6 Å². The second-order valence-corrected chi connectivity index (χ2v) is 9.23. The Bertz CT molecular complexity index is 1250. The van der Waals surface area contributed by atoms with Crippen LogP contribution in [0.15, 0.2) is 42.6 Å². The van der Waals surface area contributed by atoms with Crippen molar-refractivity contribution in [1.29, 1.82) is 0 Å². The average molecular weight is 452 g/mol. The van der Waals surface area contributed by atoms with Crippen LogP contribution in [-0.2, 0) is 11.3 Å². The first-order valence-corrected chi connectivity index (χ1v) is 11.6. The number of nitrogens with one attached hydrogen (secondary N) is 1. The molecule has 6 heteroatoms. The summed E-state index contributed by atoms with van der Waals surface area (Å²) in [6.07, 6.45) is 6.78. The summed E-state index contributed by atoms with van der Waals surface area (Å²) in [4.78, 5) is 16.9. The molecule has 2 aliphatic rings. The Morgan fingerprint density at radius 2 is 2.15 bits per heavy atom. The number of rotatable bonds is 5. The number of aryl methyl sites for hydroxylation is 1. The lowest BCUT2D eigenvalue weighted by Crippen LogP contribution is -2.48. The number of aromatic nitrogens is 1. The first-order chi connectivity index (χ1) is 17.2. The van der Waals surface area contributed by atoms with Gasteiger partial charge in [-0.1, -0.05) is 12.1 Å². The lowest BCUT2D eigenvalue weighted by molar-refractivity contribution is -0.127. The summed E-state index contributed by atoms with van der Waals surface area (Å²) in [6.45, 7) is -0.111. The van der Waals surface area contributed by atoms with Gasteiger partial charge in [0.1, 0.15) is 5.75 Å². The highest BCUT2D eigenvalue weighted by Gasteiger charge is 2.42. The molecule has 3 aromatic rings. The fourth-order valence-electron chi connectivity index (χ4n) is 5.54. The molecule has 2 atom stereocenters. The van der Waals surface area contributed by atoms with Gasteiger partial charge in [-0.25, -0.2) is 4.79 Å². The monoisotopic (exact) mass is 451 g/mol. The predicted molar refractivity (Wildman–Crippen MR) is 128 cm³/mol. The summed E-state index contributed by atoms with van der Waals surface area (Å²) < 4.78 is 36.0. The Morgan fingerprint density at radius 1 is 1.30 bits per heavy atom. The molecule has 0 radical (unpaired) electrons. The minimum absolute atomic E-state index is 0.0284. The number of benzene rings is 2. The molecule has 0 aliphatic carbocycles. The number of carboxylic acids is 1. The van der Waals surface area contributed by atoms with Gasteiger partial charge >= 0.3 is 5.97 Å². The Morgan fingerprint density at radius 3 is 2.85 bits per heavy atom. The predicted octanol–water partition coefficient (Wildman–Crippen LogP) is 5.46. The van der Waals surface area contributed by atoms with E-state index in [1.54, 1.807) is 31.5 Å². The second kappa shape index (κ2) is 8.84. The van der Waals surface area contributed by atoms with Crippen molar-refractivity contribution in [3.8, 4) is 5.75 Å². The Hall–Kier alpha value is -2.83. The number of likely N-dealkylation sites (tertiary alicyclic amines) is 1. The second-order valence-electron chi connectivity index (χ2n) is 9.23. The molecule has 0 bridgehead atoms. The fraction of sp³-hybridized carbons (Fsp3) is 0.444. The van der Waals surface area contributed by atoms with Gasteiger partial charge in [-0.2, -0.15) is 0 Å². The minimum Gasteiger partial charge on any atom is -0.496 e. The zero-order valence-electron chi connectivity index (χ0n) is 21.9. The van der Waals surface area contributed by atoms with Gasteiger partial charge in [0, 0.05) is 52.5 Å². The molecule has 0 saturated carbocycles. The van der Waals surface area contributed by atoms with Crippen molar-refractivity contribution in [3.05, 3.63) is 64.8 Å². The van der Waals surface area contributed by atoms with Crippen LogP contribution in [0.3, 0.4) is 0 Å². The lowest BCUT2D eigenvalue weighted by Gasteiger charge is -2.48. The van der Waals surface area contributed by atoms with Crippen molar-refractivity contribution < 1.29 is 23.5 Å². The average Bonchev–Trinajstić information content (AvgIpc) is 3.35. The number of H-pyrrole nitrogens is 1. The van der Waals surface area contributed by atoms with E-state index in [2.05, 4.69) is 9.88 Å². The van der Waals surface area contributed by atoms with E-state index in [-0.39, 0.29) is 22.8 Å². The van der Waals surface area contributed by atoms with Crippen LogP contribution in [0.2, 0.25) is 0 Å². The van der Waals surface area contributed by atoms with Crippen molar-refractivity contribution in [2.75, 3.05) is 20.3 Å². The first-order valence-electron chi connectivity index (χ1n) is 13.1. The van der Waals surface area contributed by atoms with E-state index in [0.717, 1.165) is 61.8 Å². The van der Waals surface area contributed by atoms with Crippen LogP contribution in [0.5, 0.6) is 5.75 Å². The SMILES string of the molecule is [2H]C([2H])([2H])c1cc(OC)c(CN2CCC3(CCCCO3)CC2c2ccc(C(=O)O)cc2)c2cc[nH]c12. The van der Waals surface area contributed by atoms with Gasteiger partial charge in [-0.15, -0.1) is 0 Å². The molecule has 3 heterocycles. The Kier molecular flexibility index (Phi) is 4.98. The van der Waals surface area contributed by atoms with Crippen molar-refractivity contribution >= 4 is 16.9 Å². The number of ether oxygens (including phenoxy) is 2. The summed E-state index contributed by atoms with van der Waals surface area (Å²) in [5.41, 5.74) is 2.95. The van der Waals surface area contributed by atoms with Gasteiger partial charge in [0.25, 0.3) is 0 Å². The molecule has 2 N–H and O–H groups in total. The number of hydrogen-bond donors (Lipinski definition) is 2. The molecular weight excluding hydrogens is 416 g/mol. The smallest absolute Gasteiger partial charge is 0.335 e. The summed E-state index contributed by atoms with van der Waals surface area (Å²) in [5, 5.41) is 10.2. The molecule has 174 valence electrons. The Labute approximate surface area is 198 Å². The highest BCUT2D eigenvalue weighted by molar-refractivity contribution is 5.88. The maximum atomic E-state index is 11.4. The third kappa shape index (κ3) is 4.13. The van der Waals surface area contributed by atoms with Crippen LogP contribution in [0.1, 0.15) is 69.3 Å². The van der Waals surface area contributed by atoms with E-state index in [0.29, 0.717) is 17.8 Å². The van der Waals surface area contributed by atoms with Gasteiger partial charge in [0.2, 0.25) is 0 Å². The maximum Gasteiger partial charge on any atom is 0.335 e. The van der Waals surface area contributed by atoms with Crippen molar-refractivity contribution in [2.24, 2.45) is 0 Å². The van der Waals surface area contributed by atoms with Crippen LogP contribution in [0.25, 0.3) is 10.9 Å². The van der Waals surface area contributed by atoms with Crippen LogP contribution in [-0.4, -0.2) is 46.8 Å². The summed E-state index contributed by atoms with van der Waals surface area (Å²) in [5.74, 6) is -0.384. The van der Waals surface area contributed by atoms with E-state index in [1.807, 2.05) is 18.2 Å². The zero-order chi connectivity index (χ0) is 25.5. The number of fused-ring (bicyclic) bond motifs is 1. The fourth-order valence-corrected chi connectivity index (χ4v) is 5.54. The summed E-state index contributed by atoms with van der Waals surface area (Å²) in [6, 6.07) is 10.7. The molecule has 2 aliphatic heterocycles. The third-order valence-electron chi connectivity index (χ3n) is 7.33. The Balaban J connectivity index is 1.53. The summed E-state index contributed by atoms with van der Waals surface area (Å²) in [7, 11) is 1.57. The molecular formula is C27H32N2O4. The molecule has 1 spiro atoms. The molecule has 6 nitrogen and oxygen atoms in total. The molecule has 2 saturated heterocycles. The van der Waals surface area contributed by atoms with E-state index < -0.39 is 12.8 Å². The number of carbonyl (C=O) groups is 1. The lowest BCUT2D eigenvalue weighted by atomic mass is 9.78. The van der Waals surface area contributed by atoms with Crippen LogP contribution >= 0.6 is 0 Å².